The van der Waals surface area contributed by atoms with E-state index in [2.05, 4.69) is 93.0 Å². The molecule has 0 saturated carbocycles. The molecule has 0 amide bonds. The van der Waals surface area contributed by atoms with Crippen molar-refractivity contribution in [3.8, 4) is 11.5 Å². The highest BCUT2D eigenvalue weighted by molar-refractivity contribution is 5.71. The summed E-state index contributed by atoms with van der Waals surface area (Å²) in [6.45, 7) is 15.5. The van der Waals surface area contributed by atoms with Crippen LogP contribution in [-0.2, 0) is 4.79 Å². The fourth-order valence-corrected chi connectivity index (χ4v) is 8.11. The monoisotopic (exact) mass is 759 g/mol. The van der Waals surface area contributed by atoms with E-state index in [9.17, 15) is 9.90 Å². The number of ether oxygens (including phenoxy) is 1. The molecule has 1 aliphatic heterocycles. The zero-order chi connectivity index (χ0) is 39.5. The maximum atomic E-state index is 12.8. The van der Waals surface area contributed by atoms with Crippen molar-refractivity contribution in [3.05, 3.63) is 59.7 Å². The lowest BCUT2D eigenvalue weighted by Gasteiger charge is -2.33. The number of hydrogen-bond acceptors (Lipinski definition) is 4. The van der Waals surface area contributed by atoms with Gasteiger partial charge in [0, 0.05) is 66.7 Å². The Morgan fingerprint density at radius 1 is 0.582 bits per heavy atom. The lowest BCUT2D eigenvalue weighted by atomic mass is 9.80. The molecule has 55 heavy (non-hydrogen) atoms. The van der Waals surface area contributed by atoms with Crippen LogP contribution in [0.3, 0.4) is 0 Å². The summed E-state index contributed by atoms with van der Waals surface area (Å²) in [5.74, 6) is 0.588. The van der Waals surface area contributed by atoms with Gasteiger partial charge in [-0.05, 0) is 63.5 Å². The van der Waals surface area contributed by atoms with E-state index in [4.69, 9.17) is 4.74 Å². The lowest BCUT2D eigenvalue weighted by Crippen LogP contribution is -2.26. The van der Waals surface area contributed by atoms with E-state index >= 15 is 0 Å². The second-order valence-electron chi connectivity index (χ2n) is 16.5. The smallest absolute Gasteiger partial charge is 0.306 e. The highest BCUT2D eigenvalue weighted by Gasteiger charge is 2.32. The Labute approximate surface area is 338 Å². The second-order valence-corrected chi connectivity index (χ2v) is 16.5. The SMILES string of the molecule is CCCCCCCCCCCCCCC/C=C/CC(CC1c2ccc(N(CCCC)CCCC)cc2Oc2cc(N(CCCC)CCCC)ccc21)C(=O)O. The molecule has 0 fully saturated rings. The molecule has 1 heterocycles. The first kappa shape index (κ1) is 46.4. The average Bonchev–Trinajstić information content (AvgIpc) is 3.19. The molecule has 0 aromatic heterocycles. The molecule has 0 radical (unpaired) electrons. The highest BCUT2D eigenvalue weighted by Crippen LogP contribution is 2.49. The van der Waals surface area contributed by atoms with Crippen LogP contribution in [0, 0.1) is 5.92 Å². The molecule has 2 aromatic rings. The van der Waals surface area contributed by atoms with Crippen LogP contribution in [0.5, 0.6) is 11.5 Å². The van der Waals surface area contributed by atoms with Crippen LogP contribution in [-0.4, -0.2) is 37.3 Å². The summed E-state index contributed by atoms with van der Waals surface area (Å²) in [6.07, 6.45) is 33.5. The Hall–Kier alpha value is -2.95. The van der Waals surface area contributed by atoms with E-state index in [-0.39, 0.29) is 5.92 Å². The molecule has 1 unspecified atom stereocenters. The van der Waals surface area contributed by atoms with Gasteiger partial charge in [-0.2, -0.15) is 0 Å². The van der Waals surface area contributed by atoms with Gasteiger partial charge in [-0.15, -0.1) is 0 Å². The summed E-state index contributed by atoms with van der Waals surface area (Å²) in [5, 5.41) is 10.5. The van der Waals surface area contributed by atoms with Gasteiger partial charge in [0.05, 0.1) is 5.92 Å². The van der Waals surface area contributed by atoms with Gasteiger partial charge in [-0.3, -0.25) is 4.79 Å². The van der Waals surface area contributed by atoms with Gasteiger partial charge in [-0.25, -0.2) is 0 Å². The predicted octanol–water partition coefficient (Wildman–Crippen LogP) is 15.3. The van der Waals surface area contributed by atoms with E-state index in [0.717, 1.165) is 80.9 Å². The largest absolute Gasteiger partial charge is 0.481 e. The Morgan fingerprint density at radius 3 is 1.38 bits per heavy atom. The maximum Gasteiger partial charge on any atom is 0.306 e. The van der Waals surface area contributed by atoms with Gasteiger partial charge in [0.25, 0.3) is 0 Å². The topological polar surface area (TPSA) is 53.0 Å². The number of carbonyl (C=O) groups is 1. The van der Waals surface area contributed by atoms with Crippen LogP contribution in [0.15, 0.2) is 48.6 Å². The molecule has 1 aliphatic rings. The van der Waals surface area contributed by atoms with Gasteiger partial charge in [0.15, 0.2) is 0 Å². The molecule has 310 valence electrons. The number of carboxylic acid groups (broad SMARTS) is 1. The first-order valence-corrected chi connectivity index (χ1v) is 23.3. The molecule has 5 heteroatoms. The van der Waals surface area contributed by atoms with Crippen LogP contribution in [0.2, 0.25) is 0 Å². The number of anilines is 2. The number of allylic oxidation sites excluding steroid dienone is 2. The van der Waals surface area contributed by atoms with E-state index in [0.29, 0.717) is 12.8 Å². The molecule has 5 nitrogen and oxygen atoms in total. The van der Waals surface area contributed by atoms with E-state index < -0.39 is 11.9 Å². The third-order valence-electron chi connectivity index (χ3n) is 11.8. The molecule has 0 saturated heterocycles. The van der Waals surface area contributed by atoms with Crippen molar-refractivity contribution in [1.82, 2.24) is 0 Å². The Balaban J connectivity index is 1.69. The van der Waals surface area contributed by atoms with Gasteiger partial charge in [-0.1, -0.05) is 162 Å². The summed E-state index contributed by atoms with van der Waals surface area (Å²) >= 11 is 0. The number of aliphatic carboxylic acids is 1. The Morgan fingerprint density at radius 2 is 0.982 bits per heavy atom. The minimum absolute atomic E-state index is 0.0307. The summed E-state index contributed by atoms with van der Waals surface area (Å²) in [4.78, 5) is 17.8. The fraction of sp³-hybridized carbons (Fsp3) is 0.700. The van der Waals surface area contributed by atoms with E-state index in [1.165, 1.54) is 121 Å². The van der Waals surface area contributed by atoms with Gasteiger partial charge < -0.3 is 19.6 Å². The predicted molar refractivity (Wildman–Crippen MR) is 239 cm³/mol. The van der Waals surface area contributed by atoms with Gasteiger partial charge >= 0.3 is 5.97 Å². The van der Waals surface area contributed by atoms with Crippen LogP contribution < -0.4 is 14.5 Å². The Bertz CT molecular complexity index is 1250. The highest BCUT2D eigenvalue weighted by atomic mass is 16.5. The van der Waals surface area contributed by atoms with Crippen molar-refractivity contribution in [1.29, 1.82) is 0 Å². The quantitative estimate of drug-likeness (QED) is 0.0580. The lowest BCUT2D eigenvalue weighted by molar-refractivity contribution is -0.141. The number of nitrogens with zero attached hydrogens (tertiary/aromatic N) is 2. The minimum Gasteiger partial charge on any atom is -0.481 e. The summed E-state index contributed by atoms with van der Waals surface area (Å²) in [6, 6.07) is 13.4. The number of benzene rings is 2. The van der Waals surface area contributed by atoms with Crippen LogP contribution in [0.1, 0.15) is 206 Å². The number of hydrogen-bond donors (Lipinski definition) is 1. The molecule has 0 bridgehead atoms. The summed E-state index contributed by atoms with van der Waals surface area (Å²) in [7, 11) is 0. The number of rotatable bonds is 33. The number of carboxylic acids is 1. The van der Waals surface area contributed by atoms with Gasteiger partial charge in [0.1, 0.15) is 11.5 Å². The molecule has 1 N–H and O–H groups in total. The molecule has 2 aromatic carbocycles. The third-order valence-corrected chi connectivity index (χ3v) is 11.8. The zero-order valence-electron chi connectivity index (χ0n) is 36.2. The van der Waals surface area contributed by atoms with Crippen molar-refractivity contribution in [2.24, 2.45) is 5.92 Å². The van der Waals surface area contributed by atoms with Crippen molar-refractivity contribution in [3.63, 3.8) is 0 Å². The van der Waals surface area contributed by atoms with Crippen LogP contribution in [0.25, 0.3) is 0 Å². The molecular formula is C50H82N2O3. The normalized spacial score (nSPS) is 13.1. The Kier molecular flexibility index (Phi) is 24.0. The number of unbranched alkanes of at least 4 members (excludes halogenated alkanes) is 17. The van der Waals surface area contributed by atoms with Crippen molar-refractivity contribution >= 4 is 17.3 Å². The zero-order valence-corrected chi connectivity index (χ0v) is 36.2. The molecule has 3 rings (SSSR count). The average molecular weight is 759 g/mol. The van der Waals surface area contributed by atoms with E-state index in [1.807, 2.05) is 0 Å². The first-order valence-electron chi connectivity index (χ1n) is 23.3. The first-order chi connectivity index (χ1) is 27.0. The molecule has 0 spiro atoms. The minimum atomic E-state index is -0.705. The molecule has 1 atom stereocenters. The second kappa shape index (κ2) is 28.4. The van der Waals surface area contributed by atoms with Crippen molar-refractivity contribution in [2.45, 2.75) is 195 Å². The molecular weight excluding hydrogens is 677 g/mol. The van der Waals surface area contributed by atoms with Crippen molar-refractivity contribution in [2.75, 3.05) is 36.0 Å². The van der Waals surface area contributed by atoms with Crippen LogP contribution in [0.4, 0.5) is 11.4 Å². The van der Waals surface area contributed by atoms with Crippen LogP contribution >= 0.6 is 0 Å². The van der Waals surface area contributed by atoms with Crippen molar-refractivity contribution < 1.29 is 14.6 Å². The van der Waals surface area contributed by atoms with E-state index in [1.54, 1.807) is 0 Å². The van der Waals surface area contributed by atoms with Gasteiger partial charge in [0.2, 0.25) is 0 Å². The standard InChI is InChI=1S/C50H82N2O3/c1-6-11-16-17-18-19-20-21-22-23-24-25-26-27-28-29-30-42(50(53)54)39-47-45-33-31-43(51(35-12-7-2)36-13-8-3)40-48(45)55-49-41-44(32-34-46(47)49)52(37-14-9-4)38-15-10-5/h28-29,31-34,40-42,47H,6-27,30,35-39H2,1-5H3,(H,53,54)/b29-28+. The third kappa shape index (κ3) is 17.0. The fourth-order valence-electron chi connectivity index (χ4n) is 8.11. The number of fused-ring (bicyclic) bond motifs is 2. The summed E-state index contributed by atoms with van der Waals surface area (Å²) in [5.41, 5.74) is 4.65. The summed E-state index contributed by atoms with van der Waals surface area (Å²) < 4.78 is 6.83. The maximum absolute atomic E-state index is 12.8. The molecule has 0 aliphatic carbocycles.